The van der Waals surface area contributed by atoms with Gasteiger partial charge in [0.2, 0.25) is 5.91 Å². The highest BCUT2D eigenvalue weighted by molar-refractivity contribution is 5.94. The van der Waals surface area contributed by atoms with Crippen LogP contribution in [0.2, 0.25) is 0 Å². The van der Waals surface area contributed by atoms with E-state index >= 15 is 0 Å². The highest BCUT2D eigenvalue weighted by Gasteiger charge is 2.36. The molecule has 1 aromatic rings. The highest BCUT2D eigenvalue weighted by Crippen LogP contribution is 2.32. The van der Waals surface area contributed by atoms with Gasteiger partial charge in [-0.15, -0.1) is 0 Å². The van der Waals surface area contributed by atoms with Gasteiger partial charge >= 0.3 is 5.97 Å². The van der Waals surface area contributed by atoms with Gasteiger partial charge in [-0.25, -0.2) is 4.79 Å². The van der Waals surface area contributed by atoms with E-state index in [0.717, 1.165) is 24.2 Å². The molecule has 1 unspecified atom stereocenters. The van der Waals surface area contributed by atoms with E-state index in [9.17, 15) is 9.59 Å². The number of carboxylic acid groups (broad SMARTS) is 1. The molecule has 1 atom stereocenters. The quantitative estimate of drug-likeness (QED) is 0.754. The Morgan fingerprint density at radius 2 is 2.05 bits per heavy atom. The third kappa shape index (κ3) is 4.63. The Kier molecular flexibility index (Phi) is 4.98. The highest BCUT2D eigenvalue weighted by atomic mass is 16.5. The summed E-state index contributed by atoms with van der Waals surface area (Å²) in [6, 6.07) is 6.55. The predicted octanol–water partition coefficient (Wildman–Crippen LogP) is 2.08. The van der Waals surface area contributed by atoms with Crippen LogP contribution in [-0.2, 0) is 9.59 Å². The van der Waals surface area contributed by atoms with Gasteiger partial charge in [0, 0.05) is 6.08 Å². The normalized spacial score (nSPS) is 15.7. The molecule has 112 valence electrons. The second-order valence-electron chi connectivity index (χ2n) is 5.00. The Morgan fingerprint density at radius 1 is 1.38 bits per heavy atom. The molecule has 5 heteroatoms. The van der Waals surface area contributed by atoms with Crippen LogP contribution in [0.15, 0.2) is 30.3 Å². The van der Waals surface area contributed by atoms with Crippen LogP contribution in [0.5, 0.6) is 5.75 Å². The van der Waals surface area contributed by atoms with Gasteiger partial charge < -0.3 is 15.2 Å². The molecule has 1 aliphatic carbocycles. The summed E-state index contributed by atoms with van der Waals surface area (Å²) in [7, 11) is 0. The number of amides is 1. The first-order valence-electron chi connectivity index (χ1n) is 7.04. The van der Waals surface area contributed by atoms with Crippen molar-refractivity contribution in [2.45, 2.75) is 25.8 Å². The number of aliphatic carboxylic acids is 1. The number of ether oxygens (including phenoxy) is 1. The van der Waals surface area contributed by atoms with E-state index in [1.807, 2.05) is 31.2 Å². The van der Waals surface area contributed by atoms with Crippen molar-refractivity contribution in [1.29, 1.82) is 0 Å². The molecule has 0 heterocycles. The van der Waals surface area contributed by atoms with Gasteiger partial charge in [0.1, 0.15) is 11.8 Å². The average Bonchev–Trinajstić information content (AvgIpc) is 3.28. The van der Waals surface area contributed by atoms with Gasteiger partial charge in [-0.3, -0.25) is 4.79 Å². The van der Waals surface area contributed by atoms with E-state index in [0.29, 0.717) is 6.61 Å². The predicted molar refractivity (Wildman–Crippen MR) is 78.9 cm³/mol. The van der Waals surface area contributed by atoms with Gasteiger partial charge in [0.25, 0.3) is 0 Å². The lowest BCUT2D eigenvalue weighted by Crippen LogP contribution is -2.41. The number of benzene rings is 1. The molecule has 0 bridgehead atoms. The van der Waals surface area contributed by atoms with Crippen LogP contribution < -0.4 is 10.1 Å². The van der Waals surface area contributed by atoms with Crippen LogP contribution in [0.3, 0.4) is 0 Å². The summed E-state index contributed by atoms with van der Waals surface area (Å²) in [5, 5.41) is 11.6. The molecule has 0 aromatic heterocycles. The Labute approximate surface area is 123 Å². The zero-order valence-electron chi connectivity index (χ0n) is 11.9. The van der Waals surface area contributed by atoms with E-state index in [-0.39, 0.29) is 11.8 Å². The zero-order chi connectivity index (χ0) is 15.2. The smallest absolute Gasteiger partial charge is 0.326 e. The van der Waals surface area contributed by atoms with Gasteiger partial charge in [-0.2, -0.15) is 0 Å². The maximum atomic E-state index is 11.7. The number of rotatable bonds is 7. The fourth-order valence-electron chi connectivity index (χ4n) is 2.03. The van der Waals surface area contributed by atoms with Crippen molar-refractivity contribution in [2.24, 2.45) is 5.92 Å². The zero-order valence-corrected chi connectivity index (χ0v) is 11.9. The minimum Gasteiger partial charge on any atom is -0.494 e. The van der Waals surface area contributed by atoms with Crippen LogP contribution in [0, 0.1) is 5.92 Å². The van der Waals surface area contributed by atoms with E-state index in [2.05, 4.69) is 5.32 Å². The number of carbonyl (C=O) groups excluding carboxylic acids is 1. The number of nitrogens with one attached hydrogen (secondary N) is 1. The number of carbonyl (C=O) groups is 2. The van der Waals surface area contributed by atoms with E-state index < -0.39 is 12.0 Å². The van der Waals surface area contributed by atoms with Gasteiger partial charge in [-0.05, 0) is 49.5 Å². The molecule has 1 fully saturated rings. The Hall–Kier alpha value is -2.30. The minimum absolute atomic E-state index is 0.0744. The molecule has 0 aliphatic heterocycles. The van der Waals surface area contributed by atoms with Crippen molar-refractivity contribution in [3.8, 4) is 5.75 Å². The lowest BCUT2D eigenvalue weighted by Gasteiger charge is -2.11. The molecule has 0 saturated heterocycles. The van der Waals surface area contributed by atoms with Crippen molar-refractivity contribution < 1.29 is 19.4 Å². The van der Waals surface area contributed by atoms with Crippen LogP contribution in [-0.4, -0.2) is 29.6 Å². The molecular formula is C16H19NO4. The summed E-state index contributed by atoms with van der Waals surface area (Å²) in [5.74, 6) is -0.507. The number of hydrogen-bond donors (Lipinski definition) is 2. The molecule has 1 aliphatic rings. The Balaban J connectivity index is 1.90. The summed E-state index contributed by atoms with van der Waals surface area (Å²) in [5.41, 5.74) is 0.854. The van der Waals surface area contributed by atoms with Crippen LogP contribution >= 0.6 is 0 Å². The summed E-state index contributed by atoms with van der Waals surface area (Å²) in [4.78, 5) is 22.8. The minimum atomic E-state index is -0.972. The standard InChI is InChI=1S/C16H19NO4/c1-2-21-13-8-3-11(4-9-13)5-10-14(18)17-15(16(19)20)12-6-7-12/h3-5,8-10,12,15H,2,6-7H2,1H3,(H,17,18)(H,19,20). The summed E-state index contributed by atoms with van der Waals surface area (Å²) in [6.07, 6.45) is 4.73. The number of carboxylic acids is 1. The largest absolute Gasteiger partial charge is 0.494 e. The van der Waals surface area contributed by atoms with Crippen LogP contribution in [0.1, 0.15) is 25.3 Å². The second-order valence-corrected chi connectivity index (χ2v) is 5.00. The first-order chi connectivity index (χ1) is 10.1. The third-order valence-electron chi connectivity index (χ3n) is 3.28. The molecular weight excluding hydrogens is 270 g/mol. The number of hydrogen-bond acceptors (Lipinski definition) is 3. The van der Waals surface area contributed by atoms with Crippen LogP contribution in [0.25, 0.3) is 6.08 Å². The summed E-state index contributed by atoms with van der Waals surface area (Å²) < 4.78 is 5.33. The van der Waals surface area contributed by atoms with Crippen molar-refractivity contribution in [3.05, 3.63) is 35.9 Å². The average molecular weight is 289 g/mol. The SMILES string of the molecule is CCOc1ccc(C=CC(=O)NC(C(=O)O)C2CC2)cc1. The molecule has 0 radical (unpaired) electrons. The lowest BCUT2D eigenvalue weighted by atomic mass is 10.1. The Bertz CT molecular complexity index is 532. The van der Waals surface area contributed by atoms with E-state index in [1.54, 1.807) is 6.08 Å². The fraction of sp³-hybridized carbons (Fsp3) is 0.375. The van der Waals surface area contributed by atoms with Crippen molar-refractivity contribution in [1.82, 2.24) is 5.32 Å². The maximum Gasteiger partial charge on any atom is 0.326 e. The van der Waals surface area contributed by atoms with Gasteiger partial charge in [0.15, 0.2) is 0 Å². The molecule has 1 amide bonds. The van der Waals surface area contributed by atoms with Crippen molar-refractivity contribution in [2.75, 3.05) is 6.61 Å². The topological polar surface area (TPSA) is 75.6 Å². The molecule has 2 N–H and O–H groups in total. The maximum absolute atomic E-state index is 11.7. The Morgan fingerprint density at radius 3 is 2.57 bits per heavy atom. The molecule has 1 saturated carbocycles. The lowest BCUT2D eigenvalue weighted by molar-refractivity contribution is -0.141. The first-order valence-corrected chi connectivity index (χ1v) is 7.04. The van der Waals surface area contributed by atoms with Crippen molar-refractivity contribution in [3.63, 3.8) is 0 Å². The molecule has 5 nitrogen and oxygen atoms in total. The van der Waals surface area contributed by atoms with Gasteiger partial charge in [-0.1, -0.05) is 12.1 Å². The third-order valence-corrected chi connectivity index (χ3v) is 3.28. The first kappa shape index (κ1) is 15.1. The summed E-state index contributed by atoms with van der Waals surface area (Å²) in [6.45, 7) is 2.52. The van der Waals surface area contributed by atoms with E-state index in [4.69, 9.17) is 9.84 Å². The van der Waals surface area contributed by atoms with Crippen LogP contribution in [0.4, 0.5) is 0 Å². The molecule has 2 rings (SSSR count). The second kappa shape index (κ2) is 6.92. The fourth-order valence-corrected chi connectivity index (χ4v) is 2.03. The van der Waals surface area contributed by atoms with E-state index in [1.165, 1.54) is 6.08 Å². The van der Waals surface area contributed by atoms with Gasteiger partial charge in [0.05, 0.1) is 6.61 Å². The van der Waals surface area contributed by atoms with Crippen molar-refractivity contribution >= 4 is 18.0 Å². The molecule has 1 aromatic carbocycles. The molecule has 0 spiro atoms. The summed E-state index contributed by atoms with van der Waals surface area (Å²) >= 11 is 0. The monoisotopic (exact) mass is 289 g/mol. The molecule has 21 heavy (non-hydrogen) atoms.